The zero-order valence-electron chi connectivity index (χ0n) is 11.3. The predicted molar refractivity (Wildman–Crippen MR) is 68.5 cm³/mol. The Bertz CT molecular complexity index is 330. The average molecular weight is 236 g/mol. The van der Waals surface area contributed by atoms with Crippen molar-refractivity contribution in [2.24, 2.45) is 17.8 Å². The zero-order chi connectivity index (χ0) is 12.6. The molecule has 0 N–H and O–H groups in total. The minimum atomic E-state index is -0.196. The van der Waals surface area contributed by atoms with Crippen molar-refractivity contribution in [1.82, 2.24) is 0 Å². The monoisotopic (exact) mass is 236 g/mol. The first-order valence-electron chi connectivity index (χ1n) is 6.86. The van der Waals surface area contributed by atoms with Gasteiger partial charge < -0.3 is 4.74 Å². The van der Waals surface area contributed by atoms with E-state index < -0.39 is 0 Å². The van der Waals surface area contributed by atoms with E-state index >= 15 is 0 Å². The first-order valence-corrected chi connectivity index (χ1v) is 6.86. The third kappa shape index (κ3) is 2.27. The number of ether oxygens (including phenoxy) is 1. The van der Waals surface area contributed by atoms with Crippen LogP contribution >= 0.6 is 0 Å². The number of hydrogen-bond acceptors (Lipinski definition) is 2. The molecule has 17 heavy (non-hydrogen) atoms. The molecule has 2 aliphatic rings. The maximum Gasteiger partial charge on any atom is 0.333 e. The Morgan fingerprint density at radius 1 is 1.29 bits per heavy atom. The lowest BCUT2D eigenvalue weighted by Crippen LogP contribution is -2.48. The molecule has 0 aromatic rings. The van der Waals surface area contributed by atoms with Crippen LogP contribution in [0.5, 0.6) is 0 Å². The molecule has 0 spiro atoms. The van der Waals surface area contributed by atoms with Gasteiger partial charge in [-0.1, -0.05) is 26.8 Å². The molecule has 0 amide bonds. The topological polar surface area (TPSA) is 26.3 Å². The summed E-state index contributed by atoms with van der Waals surface area (Å²) in [5.74, 6) is 1.54. The molecule has 2 heteroatoms. The van der Waals surface area contributed by atoms with Crippen LogP contribution < -0.4 is 0 Å². The maximum absolute atomic E-state index is 11.9. The number of carbonyl (C=O) groups is 1. The van der Waals surface area contributed by atoms with Crippen LogP contribution in [0, 0.1) is 17.8 Å². The van der Waals surface area contributed by atoms with Gasteiger partial charge in [-0.2, -0.15) is 0 Å². The molecule has 0 aromatic heterocycles. The van der Waals surface area contributed by atoms with Gasteiger partial charge >= 0.3 is 5.97 Å². The van der Waals surface area contributed by atoms with Crippen LogP contribution in [0.4, 0.5) is 0 Å². The first-order chi connectivity index (χ1) is 7.97. The van der Waals surface area contributed by atoms with Crippen molar-refractivity contribution in [3.05, 3.63) is 12.2 Å². The maximum atomic E-state index is 11.9. The van der Waals surface area contributed by atoms with Crippen molar-refractivity contribution < 1.29 is 9.53 Å². The highest BCUT2D eigenvalue weighted by molar-refractivity contribution is 5.87. The summed E-state index contributed by atoms with van der Waals surface area (Å²) < 4.78 is 5.91. The van der Waals surface area contributed by atoms with E-state index in [0.29, 0.717) is 23.3 Å². The second-order valence-electron chi connectivity index (χ2n) is 6.06. The number of carbonyl (C=O) groups excluding carboxylic acids is 1. The van der Waals surface area contributed by atoms with Gasteiger partial charge in [-0.25, -0.2) is 4.79 Å². The van der Waals surface area contributed by atoms with Crippen molar-refractivity contribution in [2.75, 3.05) is 0 Å². The number of rotatable bonds is 3. The summed E-state index contributed by atoms with van der Waals surface area (Å²) in [4.78, 5) is 11.9. The Balaban J connectivity index is 2.19. The minimum absolute atomic E-state index is 0.187. The van der Waals surface area contributed by atoms with Gasteiger partial charge in [0.2, 0.25) is 0 Å². The molecule has 0 aromatic carbocycles. The Labute approximate surface area is 104 Å². The molecular weight excluding hydrogens is 212 g/mol. The lowest BCUT2D eigenvalue weighted by molar-refractivity contribution is -0.173. The molecule has 0 aliphatic heterocycles. The molecule has 2 nitrogen and oxygen atoms in total. The highest BCUT2D eigenvalue weighted by atomic mass is 16.6. The lowest BCUT2D eigenvalue weighted by Gasteiger charge is -2.45. The van der Waals surface area contributed by atoms with E-state index in [4.69, 9.17) is 4.74 Å². The minimum Gasteiger partial charge on any atom is -0.455 e. The van der Waals surface area contributed by atoms with Crippen molar-refractivity contribution in [3.8, 4) is 0 Å². The largest absolute Gasteiger partial charge is 0.455 e. The standard InChI is InChI=1S/C15H24O2/c1-10(2)14(16)17-15(13-7-8-13)9-5-6-11(3)12(15)4/h11-13H,1,5-9H2,2-4H3. The first kappa shape index (κ1) is 12.7. The highest BCUT2D eigenvalue weighted by Crippen LogP contribution is 2.53. The molecule has 96 valence electrons. The normalized spacial score (nSPS) is 37.6. The van der Waals surface area contributed by atoms with Crippen LogP contribution in [-0.2, 0) is 9.53 Å². The SMILES string of the molecule is C=C(C)C(=O)OC1(C2CC2)CCCC(C)C1C. The average Bonchev–Trinajstić information content (AvgIpc) is 3.08. The fraction of sp³-hybridized carbons (Fsp3) is 0.800. The van der Waals surface area contributed by atoms with Crippen LogP contribution in [0.1, 0.15) is 52.9 Å². The van der Waals surface area contributed by atoms with Gasteiger partial charge in [0, 0.05) is 5.57 Å². The summed E-state index contributed by atoms with van der Waals surface area (Å²) >= 11 is 0. The second kappa shape index (κ2) is 4.47. The third-order valence-electron chi connectivity index (χ3n) is 4.75. The smallest absolute Gasteiger partial charge is 0.333 e. The van der Waals surface area contributed by atoms with Gasteiger partial charge in [-0.15, -0.1) is 0 Å². The third-order valence-corrected chi connectivity index (χ3v) is 4.75. The summed E-state index contributed by atoms with van der Waals surface area (Å²) in [7, 11) is 0. The quantitative estimate of drug-likeness (QED) is 0.551. The second-order valence-corrected chi connectivity index (χ2v) is 6.06. The Kier molecular flexibility index (Phi) is 3.33. The van der Waals surface area contributed by atoms with Gasteiger partial charge in [0.05, 0.1) is 0 Å². The van der Waals surface area contributed by atoms with Crippen LogP contribution in [0.3, 0.4) is 0 Å². The van der Waals surface area contributed by atoms with E-state index in [1.54, 1.807) is 6.92 Å². The fourth-order valence-electron chi connectivity index (χ4n) is 3.29. The summed E-state index contributed by atoms with van der Waals surface area (Å²) in [6, 6.07) is 0. The molecule has 0 radical (unpaired) electrons. The molecular formula is C15H24O2. The molecule has 3 unspecified atom stereocenters. The summed E-state index contributed by atoms with van der Waals surface area (Å²) in [6.07, 6.45) is 5.94. The van der Waals surface area contributed by atoms with Crippen molar-refractivity contribution in [2.45, 2.75) is 58.5 Å². The van der Waals surface area contributed by atoms with E-state index in [9.17, 15) is 4.79 Å². The predicted octanol–water partition coefficient (Wildman–Crippen LogP) is 3.71. The number of esters is 1. The van der Waals surface area contributed by atoms with Crippen LogP contribution in [0.2, 0.25) is 0 Å². The van der Waals surface area contributed by atoms with E-state index in [2.05, 4.69) is 20.4 Å². The van der Waals surface area contributed by atoms with E-state index in [1.165, 1.54) is 25.7 Å². The molecule has 0 saturated heterocycles. The van der Waals surface area contributed by atoms with Crippen LogP contribution in [0.25, 0.3) is 0 Å². The van der Waals surface area contributed by atoms with E-state index in [1.807, 2.05) is 0 Å². The number of hydrogen-bond donors (Lipinski definition) is 0. The molecule has 2 fully saturated rings. The van der Waals surface area contributed by atoms with Gasteiger partial charge in [0.15, 0.2) is 0 Å². The fourth-order valence-corrected chi connectivity index (χ4v) is 3.29. The summed E-state index contributed by atoms with van der Waals surface area (Å²) in [5.41, 5.74) is 0.337. The molecule has 2 rings (SSSR count). The van der Waals surface area contributed by atoms with Crippen molar-refractivity contribution in [1.29, 1.82) is 0 Å². The van der Waals surface area contributed by atoms with E-state index in [0.717, 1.165) is 6.42 Å². The van der Waals surface area contributed by atoms with Gasteiger partial charge in [0.1, 0.15) is 5.60 Å². The zero-order valence-corrected chi connectivity index (χ0v) is 11.3. The molecule has 2 aliphatic carbocycles. The summed E-state index contributed by atoms with van der Waals surface area (Å²) in [5, 5.41) is 0. The lowest BCUT2D eigenvalue weighted by atomic mass is 9.68. The Morgan fingerprint density at radius 3 is 2.47 bits per heavy atom. The van der Waals surface area contributed by atoms with Gasteiger partial charge in [0.25, 0.3) is 0 Å². The van der Waals surface area contributed by atoms with Crippen LogP contribution in [0.15, 0.2) is 12.2 Å². The highest BCUT2D eigenvalue weighted by Gasteiger charge is 2.54. The van der Waals surface area contributed by atoms with E-state index in [-0.39, 0.29) is 11.6 Å². The van der Waals surface area contributed by atoms with Crippen LogP contribution in [-0.4, -0.2) is 11.6 Å². The van der Waals surface area contributed by atoms with Gasteiger partial charge in [-0.05, 0) is 50.4 Å². The summed E-state index contributed by atoms with van der Waals surface area (Å²) in [6.45, 7) is 9.98. The van der Waals surface area contributed by atoms with Crippen molar-refractivity contribution in [3.63, 3.8) is 0 Å². The molecule has 0 heterocycles. The van der Waals surface area contributed by atoms with Crippen molar-refractivity contribution >= 4 is 5.97 Å². The molecule has 0 bridgehead atoms. The van der Waals surface area contributed by atoms with Gasteiger partial charge in [-0.3, -0.25) is 0 Å². The molecule has 2 saturated carbocycles. The molecule has 3 atom stereocenters. The Morgan fingerprint density at radius 2 is 1.94 bits per heavy atom. The Hall–Kier alpha value is -0.790.